The highest BCUT2D eigenvalue weighted by Crippen LogP contribution is 2.47. The van der Waals surface area contributed by atoms with Gasteiger partial charge in [0.2, 0.25) is 5.91 Å². The third kappa shape index (κ3) is 6.34. The van der Waals surface area contributed by atoms with Gasteiger partial charge in [0.1, 0.15) is 5.75 Å². The standard InChI is InChI=1S/C31H33IN2O5/c1-22(7-6-10-29(36)33(17-18-35)20-23-8-4-3-5-9-23)31(38)27-19-26(39-2)15-16-28(27)34(30(31)37)21-24-11-13-25(32)14-12-24/h3-9,11-16,19,22,35,38H,10,17-18,20-21H2,1-2H3/b7-6+/t22-,31+/m0/s1. The minimum absolute atomic E-state index is 0.0821. The zero-order valence-electron chi connectivity index (χ0n) is 22.1. The van der Waals surface area contributed by atoms with Crippen LogP contribution in [-0.2, 0) is 28.3 Å². The van der Waals surface area contributed by atoms with E-state index in [0.29, 0.717) is 30.1 Å². The van der Waals surface area contributed by atoms with Crippen LogP contribution in [-0.4, -0.2) is 47.2 Å². The van der Waals surface area contributed by atoms with Crippen molar-refractivity contribution in [2.24, 2.45) is 5.92 Å². The van der Waals surface area contributed by atoms with Crippen molar-refractivity contribution in [2.45, 2.75) is 32.0 Å². The highest BCUT2D eigenvalue weighted by atomic mass is 127. The molecule has 0 spiro atoms. The molecule has 0 fully saturated rings. The molecule has 0 saturated heterocycles. The summed E-state index contributed by atoms with van der Waals surface area (Å²) < 4.78 is 6.49. The van der Waals surface area contributed by atoms with Gasteiger partial charge in [-0.1, -0.05) is 61.5 Å². The molecule has 39 heavy (non-hydrogen) atoms. The van der Waals surface area contributed by atoms with Crippen molar-refractivity contribution >= 4 is 40.1 Å². The normalized spacial score (nSPS) is 17.4. The van der Waals surface area contributed by atoms with E-state index in [-0.39, 0.29) is 25.5 Å². The lowest BCUT2D eigenvalue weighted by Crippen LogP contribution is -2.44. The molecule has 2 atom stereocenters. The minimum atomic E-state index is -1.82. The van der Waals surface area contributed by atoms with Crippen LogP contribution in [0.1, 0.15) is 30.0 Å². The second-order valence-corrected chi connectivity index (χ2v) is 10.9. The Balaban J connectivity index is 1.54. The quantitative estimate of drug-likeness (QED) is 0.236. The summed E-state index contributed by atoms with van der Waals surface area (Å²) in [6.07, 6.45) is 3.49. The van der Waals surface area contributed by atoms with Crippen LogP contribution in [0, 0.1) is 9.49 Å². The zero-order valence-corrected chi connectivity index (χ0v) is 24.2. The number of halogens is 1. The largest absolute Gasteiger partial charge is 0.497 e. The summed E-state index contributed by atoms with van der Waals surface area (Å²) in [5.74, 6) is -0.643. The molecule has 3 aromatic rings. The fraction of sp³-hybridized carbons (Fsp3) is 0.290. The first-order valence-electron chi connectivity index (χ1n) is 12.8. The van der Waals surface area contributed by atoms with Crippen molar-refractivity contribution in [3.05, 3.63) is 105 Å². The summed E-state index contributed by atoms with van der Waals surface area (Å²) in [5, 5.41) is 21.4. The van der Waals surface area contributed by atoms with Crippen LogP contribution < -0.4 is 9.64 Å². The molecule has 7 nitrogen and oxygen atoms in total. The predicted octanol–water partition coefficient (Wildman–Crippen LogP) is 4.64. The van der Waals surface area contributed by atoms with Gasteiger partial charge in [0, 0.05) is 34.6 Å². The number of methoxy groups -OCH3 is 1. The third-order valence-corrected chi connectivity index (χ3v) is 7.76. The Labute approximate surface area is 242 Å². The summed E-state index contributed by atoms with van der Waals surface area (Å²) in [4.78, 5) is 29.9. The van der Waals surface area contributed by atoms with E-state index in [1.807, 2.05) is 54.6 Å². The van der Waals surface area contributed by atoms with Crippen molar-refractivity contribution in [1.29, 1.82) is 0 Å². The lowest BCUT2D eigenvalue weighted by molar-refractivity contribution is -0.139. The second-order valence-electron chi connectivity index (χ2n) is 9.61. The number of carbonyl (C=O) groups is 2. The first-order chi connectivity index (χ1) is 18.8. The number of fused-ring (bicyclic) bond motifs is 1. The van der Waals surface area contributed by atoms with E-state index in [1.54, 1.807) is 54.2 Å². The van der Waals surface area contributed by atoms with Crippen LogP contribution in [0.15, 0.2) is 84.9 Å². The molecule has 1 heterocycles. The Bertz CT molecular complexity index is 1330. The summed E-state index contributed by atoms with van der Waals surface area (Å²) >= 11 is 2.24. The van der Waals surface area contributed by atoms with Crippen LogP contribution in [0.4, 0.5) is 5.69 Å². The number of aliphatic hydroxyl groups excluding tert-OH is 1. The Hall–Kier alpha value is -3.21. The van der Waals surface area contributed by atoms with Crippen molar-refractivity contribution in [2.75, 3.05) is 25.2 Å². The summed E-state index contributed by atoms with van der Waals surface area (Å²) in [6, 6.07) is 22.8. The van der Waals surface area contributed by atoms with Gasteiger partial charge >= 0.3 is 0 Å². The lowest BCUT2D eigenvalue weighted by atomic mass is 9.83. The van der Waals surface area contributed by atoms with E-state index in [0.717, 1.165) is 14.7 Å². The minimum Gasteiger partial charge on any atom is -0.497 e. The second kappa shape index (κ2) is 12.8. The van der Waals surface area contributed by atoms with Gasteiger partial charge in [0.25, 0.3) is 5.91 Å². The van der Waals surface area contributed by atoms with Crippen molar-refractivity contribution in [1.82, 2.24) is 4.90 Å². The number of hydrogen-bond donors (Lipinski definition) is 2. The summed E-state index contributed by atoms with van der Waals surface area (Å²) in [5.41, 5.74) is 1.22. The molecule has 0 unspecified atom stereocenters. The Morgan fingerprint density at radius 3 is 2.49 bits per heavy atom. The summed E-state index contributed by atoms with van der Waals surface area (Å²) in [6.45, 7) is 2.57. The van der Waals surface area contributed by atoms with Crippen molar-refractivity contribution in [3.63, 3.8) is 0 Å². The van der Waals surface area contributed by atoms with Gasteiger partial charge < -0.3 is 24.7 Å². The fourth-order valence-corrected chi connectivity index (χ4v) is 5.20. The smallest absolute Gasteiger partial charge is 0.264 e. The molecule has 0 bridgehead atoms. The summed E-state index contributed by atoms with van der Waals surface area (Å²) in [7, 11) is 1.55. The maximum atomic E-state index is 13.8. The number of aliphatic hydroxyl groups is 2. The van der Waals surface area contributed by atoms with Crippen LogP contribution in [0.3, 0.4) is 0 Å². The van der Waals surface area contributed by atoms with Gasteiger partial charge in [0.15, 0.2) is 5.60 Å². The van der Waals surface area contributed by atoms with Gasteiger partial charge in [0.05, 0.1) is 25.9 Å². The SMILES string of the molecule is COc1ccc2c(c1)[C@](O)([C@@H](C)/C=C/CC(=O)N(CCO)Cc1ccccc1)C(=O)N2Cc1ccc(I)cc1. The number of hydrogen-bond acceptors (Lipinski definition) is 5. The molecule has 0 radical (unpaired) electrons. The van der Waals surface area contributed by atoms with Gasteiger partial charge in [-0.3, -0.25) is 9.59 Å². The lowest BCUT2D eigenvalue weighted by Gasteiger charge is -2.28. The number of ether oxygens (including phenoxy) is 1. The molecule has 0 saturated carbocycles. The van der Waals surface area contributed by atoms with Crippen LogP contribution in [0.2, 0.25) is 0 Å². The van der Waals surface area contributed by atoms with E-state index >= 15 is 0 Å². The van der Waals surface area contributed by atoms with Crippen molar-refractivity contribution in [3.8, 4) is 5.75 Å². The molecule has 204 valence electrons. The third-order valence-electron chi connectivity index (χ3n) is 7.05. The number of carbonyl (C=O) groups excluding carboxylic acids is 2. The average molecular weight is 641 g/mol. The average Bonchev–Trinajstić information content (AvgIpc) is 3.16. The Kier molecular flexibility index (Phi) is 9.42. The highest BCUT2D eigenvalue weighted by Gasteiger charge is 2.52. The molecule has 2 N–H and O–H groups in total. The number of amides is 2. The molecule has 1 aliphatic heterocycles. The van der Waals surface area contributed by atoms with E-state index in [4.69, 9.17) is 4.74 Å². The Morgan fingerprint density at radius 2 is 1.82 bits per heavy atom. The van der Waals surface area contributed by atoms with E-state index < -0.39 is 17.4 Å². The first-order valence-corrected chi connectivity index (χ1v) is 13.9. The number of benzene rings is 3. The van der Waals surface area contributed by atoms with Crippen LogP contribution in [0.25, 0.3) is 0 Å². The zero-order chi connectivity index (χ0) is 28.0. The van der Waals surface area contributed by atoms with Crippen molar-refractivity contribution < 1.29 is 24.5 Å². The monoisotopic (exact) mass is 640 g/mol. The molecular weight excluding hydrogens is 607 g/mol. The maximum Gasteiger partial charge on any atom is 0.264 e. The number of anilines is 1. The van der Waals surface area contributed by atoms with E-state index in [9.17, 15) is 19.8 Å². The van der Waals surface area contributed by atoms with Gasteiger partial charge in [-0.2, -0.15) is 0 Å². The van der Waals surface area contributed by atoms with Crippen LogP contribution >= 0.6 is 22.6 Å². The molecule has 4 rings (SSSR count). The number of nitrogens with zero attached hydrogens (tertiary/aromatic N) is 2. The predicted molar refractivity (Wildman–Crippen MR) is 159 cm³/mol. The molecule has 1 aliphatic rings. The van der Waals surface area contributed by atoms with E-state index in [2.05, 4.69) is 22.6 Å². The Morgan fingerprint density at radius 1 is 1.10 bits per heavy atom. The van der Waals surface area contributed by atoms with E-state index in [1.165, 1.54) is 0 Å². The topological polar surface area (TPSA) is 90.3 Å². The molecule has 0 aromatic heterocycles. The molecular formula is C31H33IN2O5. The fourth-order valence-electron chi connectivity index (χ4n) is 4.84. The first kappa shape index (κ1) is 28.8. The maximum absolute atomic E-state index is 13.8. The van der Waals surface area contributed by atoms with Gasteiger partial charge in [-0.15, -0.1) is 0 Å². The van der Waals surface area contributed by atoms with Gasteiger partial charge in [-0.05, 0) is 64.0 Å². The molecule has 8 heteroatoms. The molecule has 3 aromatic carbocycles. The molecule has 2 amide bonds. The van der Waals surface area contributed by atoms with Crippen LogP contribution in [0.5, 0.6) is 5.75 Å². The van der Waals surface area contributed by atoms with Gasteiger partial charge in [-0.25, -0.2) is 0 Å². The molecule has 0 aliphatic carbocycles. The number of rotatable bonds is 11. The highest BCUT2D eigenvalue weighted by molar-refractivity contribution is 14.1.